The van der Waals surface area contributed by atoms with Crippen LogP contribution in [-0.4, -0.2) is 21.4 Å². The van der Waals surface area contributed by atoms with Gasteiger partial charge in [0, 0.05) is 17.9 Å². The molecule has 1 aromatic heterocycles. The number of hydrogen-bond donors (Lipinski definition) is 0. The number of benzene rings is 4. The Morgan fingerprint density at radius 2 is 1.55 bits per heavy atom. The maximum absolute atomic E-state index is 5.63. The van der Waals surface area contributed by atoms with E-state index in [2.05, 4.69) is 93.6 Å². The van der Waals surface area contributed by atoms with Crippen LogP contribution in [-0.2, 0) is 12.2 Å². The normalized spacial score (nSPS) is 11.1. The summed E-state index contributed by atoms with van der Waals surface area (Å²) in [5, 5.41) is 12.6. The first kappa shape index (κ1) is 21.3. The predicted molar refractivity (Wildman–Crippen MR) is 135 cm³/mol. The third-order valence-electron chi connectivity index (χ3n) is 5.55. The van der Waals surface area contributed by atoms with E-state index in [1.165, 1.54) is 21.9 Å². The average molecular weight is 452 g/mol. The van der Waals surface area contributed by atoms with Crippen molar-refractivity contribution in [3.63, 3.8) is 0 Å². The fourth-order valence-corrected chi connectivity index (χ4v) is 4.94. The molecule has 0 saturated carbocycles. The van der Waals surface area contributed by atoms with Gasteiger partial charge >= 0.3 is 0 Å². The lowest BCUT2D eigenvalue weighted by atomic mass is 10.1. The number of aromatic nitrogens is 3. The van der Waals surface area contributed by atoms with E-state index in [0.717, 1.165) is 34.6 Å². The molecule has 33 heavy (non-hydrogen) atoms. The van der Waals surface area contributed by atoms with E-state index in [4.69, 9.17) is 4.74 Å². The van der Waals surface area contributed by atoms with Crippen LogP contribution in [0.5, 0.6) is 5.75 Å². The lowest BCUT2D eigenvalue weighted by Crippen LogP contribution is -2.04. The Balaban J connectivity index is 1.48. The average Bonchev–Trinajstić information content (AvgIpc) is 3.26. The summed E-state index contributed by atoms with van der Waals surface area (Å²) in [5.41, 5.74) is 3.54. The van der Waals surface area contributed by atoms with Gasteiger partial charge in [0.15, 0.2) is 5.16 Å². The molecule has 0 bridgehead atoms. The molecule has 0 aliphatic rings. The third-order valence-corrected chi connectivity index (χ3v) is 6.53. The Morgan fingerprint density at radius 1 is 0.788 bits per heavy atom. The molecule has 5 rings (SSSR count). The molecule has 0 saturated heterocycles. The molecule has 0 N–H and O–H groups in total. The monoisotopic (exact) mass is 451 g/mol. The topological polar surface area (TPSA) is 39.9 Å². The highest BCUT2D eigenvalue weighted by Gasteiger charge is 2.16. The first-order valence-corrected chi connectivity index (χ1v) is 12.1. The minimum absolute atomic E-state index is 0.650. The smallest absolute Gasteiger partial charge is 0.196 e. The van der Waals surface area contributed by atoms with Crippen molar-refractivity contribution >= 4 is 22.5 Å². The Morgan fingerprint density at radius 3 is 2.36 bits per heavy atom. The molecule has 0 amide bonds. The lowest BCUT2D eigenvalue weighted by molar-refractivity contribution is 0.340. The van der Waals surface area contributed by atoms with E-state index < -0.39 is 0 Å². The highest BCUT2D eigenvalue weighted by Crippen LogP contribution is 2.30. The predicted octanol–water partition coefficient (Wildman–Crippen LogP) is 6.70. The van der Waals surface area contributed by atoms with Crippen molar-refractivity contribution in [2.45, 2.75) is 24.3 Å². The van der Waals surface area contributed by atoms with E-state index >= 15 is 0 Å². The summed E-state index contributed by atoms with van der Waals surface area (Å²) in [4.78, 5) is 0. The van der Waals surface area contributed by atoms with Crippen molar-refractivity contribution < 1.29 is 4.74 Å². The number of hydrogen-bond acceptors (Lipinski definition) is 4. The largest absolute Gasteiger partial charge is 0.494 e. The first-order chi connectivity index (χ1) is 16.3. The summed E-state index contributed by atoms with van der Waals surface area (Å²) >= 11 is 1.71. The van der Waals surface area contributed by atoms with E-state index in [0.29, 0.717) is 6.61 Å². The van der Waals surface area contributed by atoms with Crippen molar-refractivity contribution in [3.05, 3.63) is 114 Å². The Bertz CT molecular complexity index is 1340. The molecule has 5 aromatic rings. The van der Waals surface area contributed by atoms with Gasteiger partial charge in [0.25, 0.3) is 0 Å². The van der Waals surface area contributed by atoms with E-state index in [1.54, 1.807) is 11.8 Å². The maximum atomic E-state index is 5.63. The SMILES string of the molecule is CCOc1ccc(-n2c(Cc3ccccc3)nnc2SCc2cccc3ccccc23)cc1. The molecule has 0 aliphatic carbocycles. The molecular formula is C28H25N3OS. The van der Waals surface area contributed by atoms with Crippen molar-refractivity contribution in [1.29, 1.82) is 0 Å². The molecule has 4 nitrogen and oxygen atoms in total. The van der Waals surface area contributed by atoms with Gasteiger partial charge in [-0.15, -0.1) is 10.2 Å². The van der Waals surface area contributed by atoms with Crippen LogP contribution in [0, 0.1) is 0 Å². The van der Waals surface area contributed by atoms with E-state index in [1.807, 2.05) is 25.1 Å². The van der Waals surface area contributed by atoms with Crippen LogP contribution in [0.1, 0.15) is 23.9 Å². The number of thioether (sulfide) groups is 1. The fraction of sp³-hybridized carbons (Fsp3) is 0.143. The molecule has 0 fully saturated rings. The number of fused-ring (bicyclic) bond motifs is 1. The molecule has 0 unspecified atom stereocenters. The van der Waals surface area contributed by atoms with Crippen LogP contribution < -0.4 is 4.74 Å². The zero-order chi connectivity index (χ0) is 22.5. The van der Waals surface area contributed by atoms with Crippen LogP contribution >= 0.6 is 11.8 Å². The zero-order valence-corrected chi connectivity index (χ0v) is 19.3. The van der Waals surface area contributed by atoms with Gasteiger partial charge in [-0.25, -0.2) is 0 Å². The summed E-state index contributed by atoms with van der Waals surface area (Å²) in [6.07, 6.45) is 0.718. The zero-order valence-electron chi connectivity index (χ0n) is 18.5. The van der Waals surface area contributed by atoms with Gasteiger partial charge in [-0.05, 0) is 53.1 Å². The highest BCUT2D eigenvalue weighted by atomic mass is 32.2. The summed E-state index contributed by atoms with van der Waals surface area (Å²) in [7, 11) is 0. The Labute approximate surface area is 198 Å². The van der Waals surface area contributed by atoms with Crippen molar-refractivity contribution in [1.82, 2.24) is 14.8 Å². The van der Waals surface area contributed by atoms with Crippen molar-refractivity contribution in [3.8, 4) is 11.4 Å². The van der Waals surface area contributed by atoms with Gasteiger partial charge in [-0.2, -0.15) is 0 Å². The van der Waals surface area contributed by atoms with Gasteiger partial charge in [0.05, 0.1) is 6.61 Å². The molecule has 0 radical (unpaired) electrons. The van der Waals surface area contributed by atoms with Crippen LogP contribution in [0.3, 0.4) is 0 Å². The maximum Gasteiger partial charge on any atom is 0.196 e. The molecular weight excluding hydrogens is 426 g/mol. The molecule has 0 aliphatic heterocycles. The third kappa shape index (κ3) is 4.78. The Hall–Kier alpha value is -3.57. The van der Waals surface area contributed by atoms with Gasteiger partial charge in [-0.3, -0.25) is 4.57 Å². The molecule has 164 valence electrons. The van der Waals surface area contributed by atoms with Gasteiger partial charge in [-0.1, -0.05) is 84.6 Å². The molecule has 0 atom stereocenters. The second-order valence-electron chi connectivity index (χ2n) is 7.75. The van der Waals surface area contributed by atoms with Crippen LogP contribution in [0.15, 0.2) is 102 Å². The van der Waals surface area contributed by atoms with Crippen molar-refractivity contribution in [2.24, 2.45) is 0 Å². The quantitative estimate of drug-likeness (QED) is 0.246. The molecule has 5 heteroatoms. The standard InChI is InChI=1S/C28H25N3OS/c1-2-32-25-17-15-24(16-18-25)31-27(19-21-9-4-3-5-10-21)29-30-28(31)33-20-23-13-8-12-22-11-6-7-14-26(22)23/h3-18H,2,19-20H2,1H3. The minimum atomic E-state index is 0.650. The fourth-order valence-electron chi connectivity index (χ4n) is 3.96. The van der Waals surface area contributed by atoms with Gasteiger partial charge in [0.1, 0.15) is 11.6 Å². The van der Waals surface area contributed by atoms with Crippen LogP contribution in [0.25, 0.3) is 16.5 Å². The van der Waals surface area contributed by atoms with Crippen LogP contribution in [0.4, 0.5) is 0 Å². The Kier molecular flexibility index (Phi) is 6.40. The lowest BCUT2D eigenvalue weighted by Gasteiger charge is -2.12. The van der Waals surface area contributed by atoms with E-state index in [-0.39, 0.29) is 0 Å². The van der Waals surface area contributed by atoms with Crippen molar-refractivity contribution in [2.75, 3.05) is 6.61 Å². The van der Waals surface area contributed by atoms with Gasteiger partial charge < -0.3 is 4.74 Å². The number of rotatable bonds is 8. The molecule has 4 aromatic carbocycles. The molecule has 1 heterocycles. The minimum Gasteiger partial charge on any atom is -0.494 e. The first-order valence-electron chi connectivity index (χ1n) is 11.1. The summed E-state index contributed by atoms with van der Waals surface area (Å²) in [6.45, 7) is 2.64. The van der Waals surface area contributed by atoms with E-state index in [9.17, 15) is 0 Å². The summed E-state index contributed by atoms with van der Waals surface area (Å²) in [5.74, 6) is 2.61. The molecule has 0 spiro atoms. The second-order valence-corrected chi connectivity index (χ2v) is 8.69. The highest BCUT2D eigenvalue weighted by molar-refractivity contribution is 7.98. The second kappa shape index (κ2) is 9.92. The summed E-state index contributed by atoms with van der Waals surface area (Å²) < 4.78 is 7.80. The number of nitrogens with zero attached hydrogens (tertiary/aromatic N) is 3. The summed E-state index contributed by atoms with van der Waals surface area (Å²) in [6, 6.07) is 33.5. The van der Waals surface area contributed by atoms with Crippen LogP contribution in [0.2, 0.25) is 0 Å². The van der Waals surface area contributed by atoms with Gasteiger partial charge in [0.2, 0.25) is 0 Å². The number of ether oxygens (including phenoxy) is 1.